The molecule has 0 aliphatic carbocycles. The first-order chi connectivity index (χ1) is 13.1. The number of carbonyl (C=O) groups excluding carboxylic acids is 1. The van der Waals surface area contributed by atoms with Gasteiger partial charge in [-0.3, -0.25) is 4.79 Å². The van der Waals surface area contributed by atoms with Gasteiger partial charge in [-0.15, -0.1) is 0 Å². The Morgan fingerprint density at radius 2 is 1.85 bits per heavy atom. The molecule has 1 aromatic heterocycles. The number of nitrogens with zero attached hydrogens (tertiary/aromatic N) is 3. The van der Waals surface area contributed by atoms with Gasteiger partial charge in [0.2, 0.25) is 0 Å². The molecule has 0 bridgehead atoms. The zero-order chi connectivity index (χ0) is 18.8. The summed E-state index contributed by atoms with van der Waals surface area (Å²) in [5, 5.41) is 0. The molecule has 2 aromatic carbocycles. The lowest BCUT2D eigenvalue weighted by molar-refractivity contribution is 0.0785. The van der Waals surface area contributed by atoms with Crippen LogP contribution in [0, 0.1) is 0 Å². The van der Waals surface area contributed by atoms with E-state index in [4.69, 9.17) is 0 Å². The summed E-state index contributed by atoms with van der Waals surface area (Å²) in [5.74, 6) is 0.828. The van der Waals surface area contributed by atoms with Gasteiger partial charge in [0.25, 0.3) is 5.91 Å². The van der Waals surface area contributed by atoms with E-state index in [0.29, 0.717) is 18.2 Å². The number of anilines is 2. The van der Waals surface area contributed by atoms with Crippen molar-refractivity contribution in [2.45, 2.75) is 25.9 Å². The molecule has 1 atom stereocenters. The lowest BCUT2D eigenvalue weighted by atomic mass is 10.1. The summed E-state index contributed by atoms with van der Waals surface area (Å²) in [6.45, 7) is 2.78. The van der Waals surface area contributed by atoms with E-state index in [-0.39, 0.29) is 5.91 Å². The molecule has 1 unspecified atom stereocenters. The van der Waals surface area contributed by atoms with Crippen LogP contribution in [0.4, 0.5) is 11.5 Å². The number of pyridine rings is 1. The van der Waals surface area contributed by atoms with Crippen molar-refractivity contribution in [1.82, 2.24) is 9.88 Å². The van der Waals surface area contributed by atoms with Crippen molar-refractivity contribution in [2.75, 3.05) is 11.9 Å². The van der Waals surface area contributed by atoms with Gasteiger partial charge in [0.15, 0.2) is 0 Å². The third kappa shape index (κ3) is 3.43. The van der Waals surface area contributed by atoms with Crippen LogP contribution in [0.25, 0.3) is 0 Å². The van der Waals surface area contributed by atoms with Crippen LogP contribution < -0.4 is 4.90 Å². The number of carbonyl (C=O) groups is 1. The predicted octanol–water partition coefficient (Wildman–Crippen LogP) is 4.44. The Morgan fingerprint density at radius 3 is 2.67 bits per heavy atom. The fourth-order valence-corrected chi connectivity index (χ4v) is 3.75. The summed E-state index contributed by atoms with van der Waals surface area (Å²) < 4.78 is 0. The highest BCUT2D eigenvalue weighted by Crippen LogP contribution is 2.37. The Bertz CT molecular complexity index is 955. The van der Waals surface area contributed by atoms with E-state index >= 15 is 0 Å². The van der Waals surface area contributed by atoms with Crippen LogP contribution >= 0.6 is 0 Å². The topological polar surface area (TPSA) is 36.4 Å². The lowest BCUT2D eigenvalue weighted by Gasteiger charge is -2.24. The lowest BCUT2D eigenvalue weighted by Crippen LogP contribution is -2.28. The van der Waals surface area contributed by atoms with E-state index in [1.807, 2.05) is 49.5 Å². The first kappa shape index (κ1) is 17.3. The van der Waals surface area contributed by atoms with Crippen LogP contribution in [0.15, 0.2) is 72.9 Å². The number of amides is 1. The van der Waals surface area contributed by atoms with Crippen molar-refractivity contribution in [3.63, 3.8) is 0 Å². The summed E-state index contributed by atoms with van der Waals surface area (Å²) in [7, 11) is 1.84. The molecule has 1 aliphatic rings. The average Bonchev–Trinajstić information content (AvgIpc) is 3.04. The van der Waals surface area contributed by atoms with Crippen molar-refractivity contribution in [2.24, 2.45) is 0 Å². The second-order valence-electron chi connectivity index (χ2n) is 7.10. The molecule has 27 heavy (non-hydrogen) atoms. The van der Waals surface area contributed by atoms with Gasteiger partial charge >= 0.3 is 0 Å². The molecule has 3 aromatic rings. The van der Waals surface area contributed by atoms with E-state index < -0.39 is 0 Å². The van der Waals surface area contributed by atoms with Gasteiger partial charge < -0.3 is 9.80 Å². The van der Waals surface area contributed by atoms with Gasteiger partial charge in [0, 0.05) is 37.1 Å². The maximum atomic E-state index is 12.9. The molecule has 4 heteroatoms. The monoisotopic (exact) mass is 357 g/mol. The molecule has 0 saturated carbocycles. The van der Waals surface area contributed by atoms with Crippen molar-refractivity contribution in [3.8, 4) is 0 Å². The molecular weight excluding hydrogens is 334 g/mol. The zero-order valence-electron chi connectivity index (χ0n) is 15.7. The molecule has 0 spiro atoms. The fraction of sp³-hybridized carbons (Fsp3) is 0.217. The van der Waals surface area contributed by atoms with Crippen LogP contribution in [-0.4, -0.2) is 28.9 Å². The minimum atomic E-state index is 0.00244. The third-order valence-electron chi connectivity index (χ3n) is 5.06. The number of aromatic nitrogens is 1. The van der Waals surface area contributed by atoms with Crippen LogP contribution in [0.3, 0.4) is 0 Å². The minimum Gasteiger partial charge on any atom is -0.337 e. The van der Waals surface area contributed by atoms with E-state index in [2.05, 4.69) is 35.0 Å². The largest absolute Gasteiger partial charge is 0.337 e. The number of fused-ring (bicyclic) bond motifs is 1. The summed E-state index contributed by atoms with van der Waals surface area (Å²) in [4.78, 5) is 21.4. The number of hydrogen-bond donors (Lipinski definition) is 0. The highest BCUT2D eigenvalue weighted by atomic mass is 16.2. The maximum absolute atomic E-state index is 12.9. The minimum absolute atomic E-state index is 0.00244. The number of hydrogen-bond acceptors (Lipinski definition) is 3. The number of para-hydroxylation sites is 1. The molecule has 0 saturated heterocycles. The van der Waals surface area contributed by atoms with E-state index in [0.717, 1.165) is 17.8 Å². The average molecular weight is 357 g/mol. The Hall–Kier alpha value is -3.14. The van der Waals surface area contributed by atoms with Gasteiger partial charge in [-0.2, -0.15) is 0 Å². The van der Waals surface area contributed by atoms with E-state index in [9.17, 15) is 4.79 Å². The van der Waals surface area contributed by atoms with Crippen LogP contribution in [-0.2, 0) is 13.0 Å². The fourth-order valence-electron chi connectivity index (χ4n) is 3.75. The first-order valence-corrected chi connectivity index (χ1v) is 9.26. The van der Waals surface area contributed by atoms with E-state index in [1.54, 1.807) is 17.2 Å². The molecule has 1 amide bonds. The quantitative estimate of drug-likeness (QED) is 0.693. The van der Waals surface area contributed by atoms with Gasteiger partial charge in [0.05, 0.1) is 0 Å². The molecule has 2 heterocycles. The van der Waals surface area contributed by atoms with Crippen LogP contribution in [0.5, 0.6) is 0 Å². The molecule has 0 fully saturated rings. The Kier molecular flexibility index (Phi) is 4.63. The van der Waals surface area contributed by atoms with E-state index in [1.165, 1.54) is 11.3 Å². The van der Waals surface area contributed by atoms with Crippen molar-refractivity contribution < 1.29 is 4.79 Å². The first-order valence-electron chi connectivity index (χ1n) is 9.26. The Labute approximate surface area is 160 Å². The second-order valence-corrected chi connectivity index (χ2v) is 7.10. The molecule has 4 nitrogen and oxygen atoms in total. The molecule has 136 valence electrons. The number of benzene rings is 2. The molecule has 4 rings (SSSR count). The Morgan fingerprint density at radius 1 is 1.11 bits per heavy atom. The third-order valence-corrected chi connectivity index (χ3v) is 5.06. The van der Waals surface area contributed by atoms with Crippen molar-refractivity contribution in [1.29, 1.82) is 0 Å². The van der Waals surface area contributed by atoms with Gasteiger partial charge in [-0.1, -0.05) is 48.5 Å². The summed E-state index contributed by atoms with van der Waals surface area (Å²) >= 11 is 0. The molecule has 1 aliphatic heterocycles. The van der Waals surface area contributed by atoms with Crippen LogP contribution in [0.1, 0.15) is 28.4 Å². The highest BCUT2D eigenvalue weighted by Gasteiger charge is 2.28. The predicted molar refractivity (Wildman–Crippen MR) is 108 cm³/mol. The SMILES string of the molecule is CC1Cc2ccccc2N1c1cc(C(=O)N(C)Cc2ccccc2)ccn1. The molecule has 0 N–H and O–H groups in total. The van der Waals surface area contributed by atoms with Gasteiger partial charge in [0.1, 0.15) is 5.82 Å². The normalized spacial score (nSPS) is 15.5. The summed E-state index contributed by atoms with van der Waals surface area (Å²) in [6.07, 6.45) is 2.72. The highest BCUT2D eigenvalue weighted by molar-refractivity contribution is 5.95. The number of rotatable bonds is 4. The zero-order valence-corrected chi connectivity index (χ0v) is 15.7. The van der Waals surface area contributed by atoms with Gasteiger partial charge in [-0.25, -0.2) is 4.98 Å². The Balaban J connectivity index is 1.58. The molecule has 0 radical (unpaired) electrons. The smallest absolute Gasteiger partial charge is 0.254 e. The summed E-state index contributed by atoms with van der Waals surface area (Å²) in [5.41, 5.74) is 4.28. The van der Waals surface area contributed by atoms with Crippen LogP contribution in [0.2, 0.25) is 0 Å². The van der Waals surface area contributed by atoms with Crippen molar-refractivity contribution >= 4 is 17.4 Å². The van der Waals surface area contributed by atoms with Gasteiger partial charge in [-0.05, 0) is 42.7 Å². The molecular formula is C23H23N3O. The standard InChI is InChI=1S/C23H23N3O/c1-17-14-19-10-6-7-11-21(19)26(17)22-15-20(12-13-24-22)23(27)25(2)16-18-8-4-3-5-9-18/h3-13,15,17H,14,16H2,1-2H3. The van der Waals surface area contributed by atoms with Crippen molar-refractivity contribution in [3.05, 3.63) is 89.6 Å². The summed E-state index contributed by atoms with van der Waals surface area (Å²) in [6, 6.07) is 22.4. The second kappa shape index (κ2) is 7.23. The maximum Gasteiger partial charge on any atom is 0.254 e.